The maximum atomic E-state index is 12.8. The summed E-state index contributed by atoms with van der Waals surface area (Å²) in [6, 6.07) is 29.7. The highest BCUT2D eigenvalue weighted by Crippen LogP contribution is 2.29. The molecule has 0 unspecified atom stereocenters. The Hall–Kier alpha value is -3.84. The van der Waals surface area contributed by atoms with Crippen molar-refractivity contribution in [3.63, 3.8) is 0 Å². The van der Waals surface area contributed by atoms with Crippen molar-refractivity contribution in [2.75, 3.05) is 12.3 Å². The average molecular weight is 452 g/mol. The first kappa shape index (κ1) is 21.0. The molecule has 162 valence electrons. The molecule has 0 bridgehead atoms. The number of rotatable bonds is 6. The average Bonchev–Trinajstić information content (AvgIpc) is 3.39. The molecule has 6 nitrogen and oxygen atoms in total. The van der Waals surface area contributed by atoms with Crippen LogP contribution in [0.3, 0.4) is 0 Å². The van der Waals surface area contributed by atoms with Gasteiger partial charge in [0, 0.05) is 17.5 Å². The predicted molar refractivity (Wildman–Crippen MR) is 131 cm³/mol. The summed E-state index contributed by atoms with van der Waals surface area (Å²) in [7, 11) is 0. The molecule has 33 heavy (non-hydrogen) atoms. The first-order valence-electron chi connectivity index (χ1n) is 10.7. The van der Waals surface area contributed by atoms with Gasteiger partial charge in [0.2, 0.25) is 5.16 Å². The van der Waals surface area contributed by atoms with Crippen molar-refractivity contribution in [2.24, 2.45) is 5.10 Å². The molecule has 3 aromatic carbocycles. The lowest BCUT2D eigenvalue weighted by Gasteiger charge is -2.11. The summed E-state index contributed by atoms with van der Waals surface area (Å²) in [4.78, 5) is 17.5. The van der Waals surface area contributed by atoms with Gasteiger partial charge in [-0.2, -0.15) is 5.10 Å². The zero-order valence-corrected chi connectivity index (χ0v) is 18.7. The predicted octanol–water partition coefficient (Wildman–Crippen LogP) is 4.93. The highest BCUT2D eigenvalue weighted by Gasteiger charge is 2.22. The van der Waals surface area contributed by atoms with Gasteiger partial charge < -0.3 is 0 Å². The van der Waals surface area contributed by atoms with Gasteiger partial charge in [-0.05, 0) is 5.56 Å². The van der Waals surface area contributed by atoms with E-state index in [2.05, 4.69) is 15.3 Å². The molecule has 5 rings (SSSR count). The molecular weight excluding hydrogens is 430 g/mol. The fraction of sp³-hybridized carbons (Fsp3) is 0.115. The summed E-state index contributed by atoms with van der Waals surface area (Å²) in [6.45, 7) is 0.588. The summed E-state index contributed by atoms with van der Waals surface area (Å²) in [5.41, 5.74) is 5.36. The molecule has 4 aromatic rings. The molecule has 0 saturated carbocycles. The van der Waals surface area contributed by atoms with Crippen LogP contribution in [0.5, 0.6) is 0 Å². The number of amides is 1. The Morgan fingerprint density at radius 1 is 0.758 bits per heavy atom. The maximum Gasteiger partial charge on any atom is 0.253 e. The third-order valence-electron chi connectivity index (χ3n) is 5.28. The molecule has 1 amide bonds. The Morgan fingerprint density at radius 2 is 1.33 bits per heavy atom. The Bertz CT molecular complexity index is 1280. The second-order valence-electron chi connectivity index (χ2n) is 7.49. The molecule has 0 fully saturated rings. The van der Waals surface area contributed by atoms with E-state index in [-0.39, 0.29) is 11.7 Å². The third kappa shape index (κ3) is 4.83. The van der Waals surface area contributed by atoms with E-state index in [1.54, 1.807) is 5.01 Å². The molecule has 0 radical (unpaired) electrons. The molecule has 0 atom stereocenters. The number of benzene rings is 3. The number of carbonyl (C=O) groups excluding carboxylic acids is 1. The maximum absolute atomic E-state index is 12.8. The molecule has 2 heterocycles. The van der Waals surface area contributed by atoms with Gasteiger partial charge in [-0.15, -0.1) is 10.2 Å². The van der Waals surface area contributed by atoms with Crippen molar-refractivity contribution >= 4 is 23.4 Å². The molecule has 0 N–H and O–H groups in total. The van der Waals surface area contributed by atoms with Gasteiger partial charge in [0.25, 0.3) is 5.91 Å². The van der Waals surface area contributed by atoms with Crippen LogP contribution in [0.1, 0.15) is 12.0 Å². The van der Waals surface area contributed by atoms with Crippen LogP contribution < -0.4 is 0 Å². The highest BCUT2D eigenvalue weighted by atomic mass is 32.2. The van der Waals surface area contributed by atoms with Gasteiger partial charge in [-0.1, -0.05) is 103 Å². The SMILES string of the molecule is O=C(CSc1nnc(-c2ccccc2)c(-c2ccccc2)n1)N1CCC(c2ccccc2)=N1. The number of hydrogen-bond donors (Lipinski definition) is 0. The van der Waals surface area contributed by atoms with Crippen LogP contribution in [0.2, 0.25) is 0 Å². The van der Waals surface area contributed by atoms with Crippen LogP contribution in [-0.2, 0) is 4.79 Å². The van der Waals surface area contributed by atoms with E-state index in [4.69, 9.17) is 4.98 Å². The third-order valence-corrected chi connectivity index (χ3v) is 6.11. The molecule has 0 spiro atoms. The summed E-state index contributed by atoms with van der Waals surface area (Å²) in [5, 5.41) is 15.3. The molecule has 1 aliphatic rings. The van der Waals surface area contributed by atoms with Crippen molar-refractivity contribution in [2.45, 2.75) is 11.6 Å². The Morgan fingerprint density at radius 3 is 1.97 bits per heavy atom. The summed E-state index contributed by atoms with van der Waals surface area (Å²) in [6.07, 6.45) is 0.752. The Labute approximate surface area is 196 Å². The zero-order valence-electron chi connectivity index (χ0n) is 17.8. The smallest absolute Gasteiger partial charge is 0.253 e. The molecule has 0 aliphatic carbocycles. The standard InChI is InChI=1S/C26H21N5OS/c32-23(31-17-16-22(30-31)19-10-4-1-5-11-19)18-33-26-27-24(20-12-6-2-7-13-20)25(28-29-26)21-14-8-3-9-15-21/h1-15H,16-18H2. The Balaban J connectivity index is 1.34. The summed E-state index contributed by atoms with van der Waals surface area (Å²) in [5.74, 6) is 0.134. The minimum Gasteiger partial charge on any atom is -0.272 e. The van der Waals surface area contributed by atoms with E-state index in [1.807, 2.05) is 91.0 Å². The van der Waals surface area contributed by atoms with Gasteiger partial charge in [-0.3, -0.25) is 4.79 Å². The molecular formula is C26H21N5OS. The number of thioether (sulfide) groups is 1. The first-order valence-corrected chi connectivity index (χ1v) is 11.7. The lowest BCUT2D eigenvalue weighted by molar-refractivity contribution is -0.127. The second kappa shape index (κ2) is 9.75. The van der Waals surface area contributed by atoms with Crippen molar-refractivity contribution < 1.29 is 4.79 Å². The quantitative estimate of drug-likeness (QED) is 0.389. The summed E-state index contributed by atoms with van der Waals surface area (Å²) >= 11 is 1.28. The van der Waals surface area contributed by atoms with Gasteiger partial charge in [0.15, 0.2) is 0 Å². The van der Waals surface area contributed by atoms with Crippen LogP contribution in [0.4, 0.5) is 0 Å². The second-order valence-corrected chi connectivity index (χ2v) is 8.43. The lowest BCUT2D eigenvalue weighted by Crippen LogP contribution is -2.25. The largest absolute Gasteiger partial charge is 0.272 e. The van der Waals surface area contributed by atoms with E-state index in [1.165, 1.54) is 11.8 Å². The fourth-order valence-electron chi connectivity index (χ4n) is 3.63. The minimum absolute atomic E-state index is 0.0667. The van der Waals surface area contributed by atoms with Gasteiger partial charge in [-0.25, -0.2) is 9.99 Å². The first-order chi connectivity index (χ1) is 16.3. The fourth-order valence-corrected chi connectivity index (χ4v) is 4.29. The van der Waals surface area contributed by atoms with E-state index in [0.29, 0.717) is 17.4 Å². The van der Waals surface area contributed by atoms with Crippen molar-refractivity contribution in [1.82, 2.24) is 20.2 Å². The number of aromatic nitrogens is 3. The van der Waals surface area contributed by atoms with Crippen molar-refractivity contribution in [3.05, 3.63) is 96.6 Å². The Kier molecular flexibility index (Phi) is 6.21. The summed E-state index contributed by atoms with van der Waals surface area (Å²) < 4.78 is 0. The number of carbonyl (C=O) groups is 1. The molecule has 0 saturated heterocycles. The number of nitrogens with zero attached hydrogens (tertiary/aromatic N) is 5. The van der Waals surface area contributed by atoms with Gasteiger partial charge in [0.05, 0.1) is 18.0 Å². The zero-order chi connectivity index (χ0) is 22.5. The van der Waals surface area contributed by atoms with Gasteiger partial charge in [0.1, 0.15) is 11.4 Å². The van der Waals surface area contributed by atoms with E-state index in [9.17, 15) is 4.79 Å². The highest BCUT2D eigenvalue weighted by molar-refractivity contribution is 7.99. The topological polar surface area (TPSA) is 71.3 Å². The van der Waals surface area contributed by atoms with Crippen LogP contribution >= 0.6 is 11.8 Å². The van der Waals surface area contributed by atoms with Crippen LogP contribution in [0, 0.1) is 0 Å². The van der Waals surface area contributed by atoms with Crippen LogP contribution in [0.25, 0.3) is 22.5 Å². The molecule has 1 aliphatic heterocycles. The van der Waals surface area contributed by atoms with Crippen LogP contribution in [-0.4, -0.2) is 44.1 Å². The molecule has 1 aromatic heterocycles. The minimum atomic E-state index is -0.0667. The molecule has 7 heteroatoms. The van der Waals surface area contributed by atoms with Crippen molar-refractivity contribution in [3.8, 4) is 22.5 Å². The number of hydrogen-bond acceptors (Lipinski definition) is 6. The lowest BCUT2D eigenvalue weighted by atomic mass is 10.0. The van der Waals surface area contributed by atoms with Gasteiger partial charge >= 0.3 is 0 Å². The van der Waals surface area contributed by atoms with E-state index in [0.717, 1.165) is 34.5 Å². The normalized spacial score (nSPS) is 13.1. The monoisotopic (exact) mass is 451 g/mol. The van der Waals surface area contributed by atoms with Crippen LogP contribution in [0.15, 0.2) is 101 Å². The van der Waals surface area contributed by atoms with E-state index < -0.39 is 0 Å². The van der Waals surface area contributed by atoms with Crippen molar-refractivity contribution in [1.29, 1.82) is 0 Å². The van der Waals surface area contributed by atoms with E-state index >= 15 is 0 Å². The number of hydrazone groups is 1.